The third-order valence-electron chi connectivity index (χ3n) is 12.4. The number of carboxylic acid groups (broad SMARTS) is 1. The minimum Gasteiger partial charge on any atom is -0.550 e. The zero-order valence-corrected chi connectivity index (χ0v) is 33.9. The van der Waals surface area contributed by atoms with Gasteiger partial charge in [-0.25, -0.2) is 4.79 Å². The molecule has 11 N–H and O–H groups in total. The third kappa shape index (κ3) is 10.9. The molecule has 2 aromatic carbocycles. The molecule has 9 atom stereocenters. The molecule has 2 fully saturated rings. The number of para-hydroxylation sites is 1. The van der Waals surface area contributed by atoms with Gasteiger partial charge in [-0.1, -0.05) is 69.3 Å². The van der Waals surface area contributed by atoms with E-state index in [9.17, 15) is 34.5 Å². The molecule has 2 aliphatic carbocycles. The molecule has 16 nitrogen and oxygen atoms in total. The van der Waals surface area contributed by atoms with E-state index in [1.54, 1.807) is 19.3 Å². The van der Waals surface area contributed by atoms with Gasteiger partial charge in [0.05, 0.1) is 19.7 Å². The number of aliphatic hydroxyl groups is 5. The van der Waals surface area contributed by atoms with Crippen LogP contribution in [-0.4, -0.2) is 117 Å². The van der Waals surface area contributed by atoms with Crippen molar-refractivity contribution in [1.29, 1.82) is 0 Å². The van der Waals surface area contributed by atoms with Gasteiger partial charge in [-0.15, -0.1) is 0 Å². The Morgan fingerprint density at radius 2 is 1.64 bits per heavy atom. The molecule has 2 bridgehead atoms. The van der Waals surface area contributed by atoms with Crippen LogP contribution in [0.15, 0.2) is 60.8 Å². The Labute approximate surface area is 338 Å². The van der Waals surface area contributed by atoms with Crippen molar-refractivity contribution in [2.75, 3.05) is 26.7 Å². The number of nitrogens with one attached hydrogen (secondary N) is 4. The number of amides is 3. The van der Waals surface area contributed by atoms with Crippen molar-refractivity contribution in [1.82, 2.24) is 20.9 Å². The van der Waals surface area contributed by atoms with Gasteiger partial charge in [0.2, 0.25) is 11.8 Å². The number of H-pyrrole nitrogens is 1. The van der Waals surface area contributed by atoms with Gasteiger partial charge in [-0.2, -0.15) is 0 Å². The number of alkyl carbamates (subject to hydrolysis) is 1. The number of carbonyl (C=O) groups is 4. The smallest absolute Gasteiger partial charge is 0.408 e. The second kappa shape index (κ2) is 19.9. The van der Waals surface area contributed by atoms with Gasteiger partial charge < -0.3 is 66.4 Å². The summed E-state index contributed by atoms with van der Waals surface area (Å²) in [5.74, 6) is -1.76. The average molecular weight is 812 g/mol. The van der Waals surface area contributed by atoms with Gasteiger partial charge >= 0.3 is 6.09 Å². The topological polar surface area (TPSA) is 270 Å². The Balaban J connectivity index is 0.000000492. The predicted molar refractivity (Wildman–Crippen MR) is 211 cm³/mol. The molecule has 0 aliphatic heterocycles. The second-order valence-electron chi connectivity index (χ2n) is 16.6. The minimum atomic E-state index is -1.53. The van der Waals surface area contributed by atoms with Crippen LogP contribution in [0.2, 0.25) is 0 Å². The Morgan fingerprint density at radius 1 is 0.983 bits per heavy atom. The Bertz CT molecular complexity index is 1840. The summed E-state index contributed by atoms with van der Waals surface area (Å²) in [6, 6.07) is 16.2. The summed E-state index contributed by atoms with van der Waals surface area (Å²) in [6.45, 7) is 7.95. The number of carbonyl (C=O) groups excluding carboxylic acids is 4. The monoisotopic (exact) mass is 811 g/mol. The Hall–Kier alpha value is -4.58. The first-order valence-electron chi connectivity index (χ1n) is 19.8. The zero-order chi connectivity index (χ0) is 42.8. The number of aromatic nitrogens is 1. The van der Waals surface area contributed by atoms with Gasteiger partial charge in [-0.05, 0) is 61.1 Å². The van der Waals surface area contributed by atoms with Crippen LogP contribution in [0.1, 0.15) is 77.0 Å². The molecular formula is C42H61N5O11. The van der Waals surface area contributed by atoms with Crippen LogP contribution in [0, 0.1) is 16.7 Å². The van der Waals surface area contributed by atoms with E-state index in [0.29, 0.717) is 5.92 Å². The fourth-order valence-electron chi connectivity index (χ4n) is 8.29. The Kier molecular flexibility index (Phi) is 15.8. The van der Waals surface area contributed by atoms with Crippen LogP contribution < -0.4 is 26.4 Å². The first-order valence-corrected chi connectivity index (χ1v) is 19.8. The van der Waals surface area contributed by atoms with E-state index in [2.05, 4.69) is 41.7 Å². The molecule has 3 aromatic rings. The normalized spacial score (nSPS) is 22.9. The molecule has 0 radical (unpaired) electrons. The predicted octanol–water partition coefficient (Wildman–Crippen LogP) is -0.471. The summed E-state index contributed by atoms with van der Waals surface area (Å²) in [5.41, 5.74) is 1.02. The third-order valence-corrected chi connectivity index (χ3v) is 12.4. The van der Waals surface area contributed by atoms with Crippen molar-refractivity contribution >= 4 is 34.8 Å². The lowest BCUT2D eigenvalue weighted by Gasteiger charge is -2.39. The van der Waals surface area contributed by atoms with Gasteiger partial charge in [0.25, 0.3) is 0 Å². The average Bonchev–Trinajstić information content (AvgIpc) is 3.76. The number of likely N-dealkylation sites (N-methyl/N-ethyl adjacent to an activating group) is 1. The van der Waals surface area contributed by atoms with E-state index in [-0.39, 0.29) is 42.9 Å². The summed E-state index contributed by atoms with van der Waals surface area (Å²) in [7, 11) is 1.70. The molecule has 2 aliphatic rings. The molecule has 2 unspecified atom stereocenters. The highest BCUT2D eigenvalue weighted by Gasteiger charge is 2.63. The zero-order valence-electron chi connectivity index (χ0n) is 33.9. The summed E-state index contributed by atoms with van der Waals surface area (Å²) in [6.07, 6.45) is -2.13. The number of nitrogens with two attached hydrogens (primary N) is 1. The maximum Gasteiger partial charge on any atom is 0.408 e. The van der Waals surface area contributed by atoms with Crippen LogP contribution in [0.5, 0.6) is 0 Å². The molecule has 320 valence electrons. The number of ether oxygens (including phenoxy) is 1. The van der Waals surface area contributed by atoms with Gasteiger partial charge in [0.15, 0.2) is 0 Å². The highest BCUT2D eigenvalue weighted by Crippen LogP contribution is 2.66. The van der Waals surface area contributed by atoms with Crippen LogP contribution in [0.25, 0.3) is 10.9 Å². The minimum absolute atomic E-state index is 0.0106. The summed E-state index contributed by atoms with van der Waals surface area (Å²) in [5, 5.41) is 67.1. The molecule has 2 saturated carbocycles. The fourth-order valence-corrected chi connectivity index (χ4v) is 8.29. The van der Waals surface area contributed by atoms with E-state index in [1.807, 2.05) is 60.8 Å². The Morgan fingerprint density at radius 3 is 2.24 bits per heavy atom. The number of aliphatic carboxylic acids is 1. The number of aliphatic hydroxyl groups excluding tert-OH is 5. The molecule has 3 amide bonds. The standard InChI is InChI=1S/C35H44N4O6.C7H17NO5/c1-33(2)24-16-17-34(33,3)28(18-24)45-32(44)39-35(4,19-23-20-36-26-13-9-8-12-25(23)26)31(43)37-21-27(22-10-6-5-7-11-22)38-29(40)14-15-30(41)42;1-8-2-4(10)6(12)7(13)5(11)3-9/h5-13,20,24,27-28,36H,14-19,21H2,1-4H3,(H,37,43)(H,38,40)(H,39,44)(H,41,42);4-13H,2-3H2,1H3/t24?,27-,28+,34?,35+;4-,5+,6+,7+/m10/s1. The molecule has 1 heterocycles. The van der Waals surface area contributed by atoms with Crippen molar-refractivity contribution in [3.05, 3.63) is 71.9 Å². The molecule has 58 heavy (non-hydrogen) atoms. The van der Waals surface area contributed by atoms with Crippen molar-refractivity contribution in [2.45, 2.75) is 108 Å². The summed E-state index contributed by atoms with van der Waals surface area (Å²) < 4.78 is 6.08. The molecular weight excluding hydrogens is 750 g/mol. The highest BCUT2D eigenvalue weighted by molar-refractivity contribution is 5.91. The molecule has 5 rings (SSSR count). The lowest BCUT2D eigenvalue weighted by atomic mass is 9.70. The first kappa shape index (κ1) is 46.1. The molecule has 0 saturated heterocycles. The maximum atomic E-state index is 14.0. The van der Waals surface area contributed by atoms with Crippen molar-refractivity contribution in [2.24, 2.45) is 16.7 Å². The quantitative estimate of drug-likeness (QED) is 0.0785. The summed E-state index contributed by atoms with van der Waals surface area (Å²) >= 11 is 0. The molecule has 16 heteroatoms. The number of rotatable bonds is 18. The number of fused-ring (bicyclic) bond motifs is 3. The molecule has 1 aromatic heterocycles. The van der Waals surface area contributed by atoms with Crippen molar-refractivity contribution < 1.29 is 59.9 Å². The number of hydrogen-bond acceptors (Lipinski definition) is 11. The lowest BCUT2D eigenvalue weighted by molar-refractivity contribution is -0.635. The van der Waals surface area contributed by atoms with Crippen LogP contribution in [-0.2, 0) is 25.5 Å². The number of hydrogen-bond donors (Lipinski definition) is 10. The van der Waals surface area contributed by atoms with Crippen LogP contribution >= 0.6 is 0 Å². The van der Waals surface area contributed by atoms with Gasteiger partial charge in [-0.3, -0.25) is 9.59 Å². The van der Waals surface area contributed by atoms with E-state index in [1.165, 1.54) is 0 Å². The van der Waals surface area contributed by atoms with Crippen LogP contribution in [0.4, 0.5) is 4.79 Å². The number of benzene rings is 2. The summed E-state index contributed by atoms with van der Waals surface area (Å²) in [4.78, 5) is 54.3. The first-order chi connectivity index (χ1) is 27.4. The van der Waals surface area contributed by atoms with E-state index < -0.39 is 72.9 Å². The molecule has 0 spiro atoms. The van der Waals surface area contributed by atoms with Crippen molar-refractivity contribution in [3.63, 3.8) is 0 Å². The van der Waals surface area contributed by atoms with E-state index >= 15 is 0 Å². The SMILES string of the molecule is CC1(C)C2CCC1(C)[C@@H](OC(=O)N[C@@](C)(Cc1c[nH]c3ccccc13)C(=O)NC[C@@H](NC(=O)CCC(=O)[O-])c1ccccc1)C2.C[NH2+]C[C@H](O)[C@@H](O)[C@H](O)[C@H](O)CO. The van der Waals surface area contributed by atoms with Crippen molar-refractivity contribution in [3.8, 4) is 0 Å². The number of carboxylic acids is 1. The lowest BCUT2D eigenvalue weighted by Crippen LogP contribution is -2.83. The van der Waals surface area contributed by atoms with E-state index in [0.717, 1.165) is 41.3 Å². The van der Waals surface area contributed by atoms with Gasteiger partial charge in [0, 0.05) is 47.9 Å². The second-order valence-corrected chi connectivity index (χ2v) is 16.6. The number of aromatic amines is 1. The fraction of sp³-hybridized carbons (Fsp3) is 0.571. The van der Waals surface area contributed by atoms with E-state index in [4.69, 9.17) is 20.1 Å². The van der Waals surface area contributed by atoms with Crippen LogP contribution in [0.3, 0.4) is 0 Å². The number of quaternary nitrogens is 1. The largest absolute Gasteiger partial charge is 0.550 e. The van der Waals surface area contributed by atoms with Gasteiger partial charge in [0.1, 0.15) is 42.6 Å². The maximum absolute atomic E-state index is 14.0. The highest BCUT2D eigenvalue weighted by atomic mass is 16.6.